The van der Waals surface area contributed by atoms with Crippen LogP contribution in [0.2, 0.25) is 0 Å². The molecule has 0 heterocycles. The molecule has 6 fully saturated rings. The third-order valence-corrected chi connectivity index (χ3v) is 17.0. The molecule has 17 atom stereocenters. The normalized spacial score (nSPS) is 52.5. The summed E-state index contributed by atoms with van der Waals surface area (Å²) in [6, 6.07) is 0. The summed E-state index contributed by atoms with van der Waals surface area (Å²) in [5, 5.41) is 63.5. The van der Waals surface area contributed by atoms with Gasteiger partial charge in [0, 0.05) is 33.5 Å². The number of alkyl halides is 3. The minimum atomic E-state index is -2.24. The van der Waals surface area contributed by atoms with Gasteiger partial charge < -0.3 is 30.6 Å². The van der Waals surface area contributed by atoms with E-state index < -0.39 is 111 Å². The lowest BCUT2D eigenvalue weighted by molar-refractivity contribution is -0.223. The van der Waals surface area contributed by atoms with Gasteiger partial charge in [-0.05, 0) is 111 Å². The van der Waals surface area contributed by atoms with Crippen molar-refractivity contribution in [3.05, 3.63) is 47.6 Å². The number of ketones is 4. The molecule has 0 radical (unpaired) electrons. The number of aliphatic hydroxyl groups excluding tert-OH is 4. The zero-order valence-electron chi connectivity index (χ0n) is 32.6. The van der Waals surface area contributed by atoms with Crippen LogP contribution in [0, 0.1) is 57.2 Å². The van der Waals surface area contributed by atoms with Crippen molar-refractivity contribution >= 4 is 23.1 Å². The van der Waals surface area contributed by atoms with Gasteiger partial charge >= 0.3 is 0 Å². The molecule has 6 saturated carbocycles. The second-order valence-corrected chi connectivity index (χ2v) is 19.1. The first-order valence-electron chi connectivity index (χ1n) is 19.9. The van der Waals surface area contributed by atoms with Crippen LogP contribution in [-0.2, 0) is 19.2 Å². The highest BCUT2D eigenvalue weighted by molar-refractivity contribution is 6.02. The van der Waals surface area contributed by atoms with Crippen molar-refractivity contribution in [3.8, 4) is 0 Å². The lowest BCUT2D eigenvalue weighted by Crippen LogP contribution is -2.70. The molecule has 0 bridgehead atoms. The largest absolute Gasteiger partial charge is 0.393 e. The van der Waals surface area contributed by atoms with E-state index >= 15 is 13.2 Å². The minimum absolute atomic E-state index is 0.0409. The van der Waals surface area contributed by atoms with Crippen molar-refractivity contribution in [1.29, 1.82) is 0 Å². The Labute approximate surface area is 324 Å². The number of hydrogen-bond donors (Lipinski definition) is 6. The van der Waals surface area contributed by atoms with Gasteiger partial charge in [-0.1, -0.05) is 39.8 Å². The van der Waals surface area contributed by atoms with E-state index in [-0.39, 0.29) is 67.6 Å². The maximum Gasteiger partial charge on any atom is 0.190 e. The summed E-state index contributed by atoms with van der Waals surface area (Å²) in [7, 11) is 0. The molecular weight excluding hydrogens is 733 g/mol. The number of Topliss-reactive ketones (excluding diaryl/α,β-unsaturated/α-hetero) is 2. The summed E-state index contributed by atoms with van der Waals surface area (Å²) in [5.41, 5.74) is -9.73. The molecule has 8 aliphatic carbocycles. The first-order valence-corrected chi connectivity index (χ1v) is 19.9. The summed E-state index contributed by atoms with van der Waals surface area (Å²) in [6.45, 7) is 6.88. The van der Waals surface area contributed by atoms with Gasteiger partial charge in [0.05, 0.1) is 12.2 Å². The zero-order valence-corrected chi connectivity index (χ0v) is 32.6. The molecule has 308 valence electrons. The third kappa shape index (κ3) is 5.03. The maximum atomic E-state index is 16.9. The van der Waals surface area contributed by atoms with E-state index in [0.717, 1.165) is 6.08 Å². The van der Waals surface area contributed by atoms with Gasteiger partial charge in [0.25, 0.3) is 0 Å². The first-order chi connectivity index (χ1) is 26.0. The minimum Gasteiger partial charge on any atom is -0.393 e. The van der Waals surface area contributed by atoms with Crippen molar-refractivity contribution in [1.82, 2.24) is 0 Å². The fraction of sp³-hybridized carbons (Fsp3) is 0.721. The molecule has 0 spiro atoms. The number of halogens is 3. The first kappa shape index (κ1) is 41.4. The van der Waals surface area contributed by atoms with Gasteiger partial charge in [0.2, 0.25) is 0 Å². The van der Waals surface area contributed by atoms with E-state index in [2.05, 4.69) is 0 Å². The number of carbonyl (C=O) groups is 4. The smallest absolute Gasteiger partial charge is 0.190 e. The Hall–Kier alpha value is -2.81. The van der Waals surface area contributed by atoms with Crippen LogP contribution < -0.4 is 0 Å². The van der Waals surface area contributed by atoms with Crippen LogP contribution in [0.3, 0.4) is 0 Å². The Morgan fingerprint density at radius 1 is 0.786 bits per heavy atom. The standard InChI is InChI=1S/C22H28F2O5.C21H27FO5/c1-11-6-13-14-8-16(23)15-7-12(26)4-5-19(15,2)21(14,24)17(27)9-20(13,3)22(11,29)18(28)10-25;1-19-5-3-11(24)7-14(19)15(22)8-12-13-4-6-21(27,17(26)10-23)20(13,2)9-16(25)18(12)19/h4-5,7,11,13-14,16-17,25,27,29H,6,8-10H2,1-3H3;3,5,7,12-13,15-16,18,23,25,27H,4,6,8-10H2,1-2H3/t11-,13+,14+,16+,17+,19+,20+,21+,22+;12-,13-,15-,16-,18+,19-,20-,21-/m10/s1. The van der Waals surface area contributed by atoms with Crippen molar-refractivity contribution < 1.29 is 63.0 Å². The molecule has 8 aliphatic rings. The van der Waals surface area contributed by atoms with Crippen molar-refractivity contribution in [2.45, 2.75) is 121 Å². The van der Waals surface area contributed by atoms with Crippen LogP contribution in [-0.4, -0.2) is 108 Å². The summed E-state index contributed by atoms with van der Waals surface area (Å²) in [6.07, 6.45) is 3.98. The second kappa shape index (κ2) is 13.1. The molecule has 0 saturated heterocycles. The van der Waals surface area contributed by atoms with E-state index in [1.54, 1.807) is 26.8 Å². The highest BCUT2D eigenvalue weighted by Gasteiger charge is 2.76. The van der Waals surface area contributed by atoms with Crippen molar-refractivity contribution in [2.24, 2.45) is 57.2 Å². The Balaban J connectivity index is 0.000000172. The molecule has 0 aromatic carbocycles. The number of fused-ring (bicyclic) bond motifs is 10. The van der Waals surface area contributed by atoms with Gasteiger partial charge in [-0.2, -0.15) is 0 Å². The molecule has 8 rings (SSSR count). The van der Waals surface area contributed by atoms with Crippen molar-refractivity contribution in [2.75, 3.05) is 13.2 Å². The average Bonchev–Trinajstić information content (AvgIpc) is 3.52. The topological polar surface area (TPSA) is 190 Å². The Morgan fingerprint density at radius 2 is 1.38 bits per heavy atom. The van der Waals surface area contributed by atoms with Gasteiger partial charge in [0.15, 0.2) is 28.8 Å². The van der Waals surface area contributed by atoms with Gasteiger partial charge in [0.1, 0.15) is 36.8 Å². The van der Waals surface area contributed by atoms with E-state index in [4.69, 9.17) is 0 Å². The summed E-state index contributed by atoms with van der Waals surface area (Å²) >= 11 is 0. The molecule has 0 unspecified atom stereocenters. The molecule has 0 aromatic rings. The van der Waals surface area contributed by atoms with Crippen LogP contribution in [0.25, 0.3) is 0 Å². The van der Waals surface area contributed by atoms with Crippen LogP contribution in [0.15, 0.2) is 47.6 Å². The summed E-state index contributed by atoms with van der Waals surface area (Å²) in [4.78, 5) is 48.5. The molecule has 13 heteroatoms. The monoisotopic (exact) mass is 788 g/mol. The molecule has 56 heavy (non-hydrogen) atoms. The van der Waals surface area contributed by atoms with Crippen LogP contribution >= 0.6 is 0 Å². The van der Waals surface area contributed by atoms with E-state index in [9.17, 15) is 49.8 Å². The quantitative estimate of drug-likeness (QED) is 0.247. The third-order valence-electron chi connectivity index (χ3n) is 17.0. The number of hydrogen-bond acceptors (Lipinski definition) is 10. The van der Waals surface area contributed by atoms with Crippen LogP contribution in [0.1, 0.15) is 79.6 Å². The van der Waals surface area contributed by atoms with E-state index in [0.29, 0.717) is 12.0 Å². The van der Waals surface area contributed by atoms with Gasteiger partial charge in [-0.15, -0.1) is 0 Å². The predicted octanol–water partition coefficient (Wildman–Crippen LogP) is 3.35. The van der Waals surface area contributed by atoms with Crippen LogP contribution in [0.4, 0.5) is 13.2 Å². The van der Waals surface area contributed by atoms with Crippen LogP contribution in [0.5, 0.6) is 0 Å². The lowest BCUT2D eigenvalue weighted by Gasteiger charge is -2.63. The molecular formula is C43H55F3O10. The maximum absolute atomic E-state index is 16.9. The predicted molar refractivity (Wildman–Crippen MR) is 196 cm³/mol. The Kier molecular flexibility index (Phi) is 9.67. The highest BCUT2D eigenvalue weighted by atomic mass is 19.1. The highest BCUT2D eigenvalue weighted by Crippen LogP contribution is 2.71. The van der Waals surface area contributed by atoms with Gasteiger partial charge in [-0.3, -0.25) is 19.2 Å². The molecule has 10 nitrogen and oxygen atoms in total. The second-order valence-electron chi connectivity index (χ2n) is 19.1. The SMILES string of the molecule is C[C@@H]1C[C@H]2[C@@H]3C[C@H](F)C4=CC(=O)C=C[C@]4(C)[C@@]3(F)[C@@H](O)C[C@]2(C)[C@@]1(O)C(=O)CO.C[C@]12C=CC(=O)C=C1[C@@H](F)C[C@@H]1[C@@H]2[C@@H](O)C[C@@]2(C)[C@H]1CC[C@]2(O)C(=O)CO. The molecule has 0 aromatic heterocycles. The average molecular weight is 789 g/mol. The van der Waals surface area contributed by atoms with Crippen molar-refractivity contribution in [3.63, 3.8) is 0 Å². The molecule has 0 amide bonds. The van der Waals surface area contributed by atoms with E-state index in [1.165, 1.54) is 31.2 Å². The molecule has 0 aliphatic heterocycles. The Morgan fingerprint density at radius 3 is 2.00 bits per heavy atom. The number of aliphatic hydroxyl groups is 6. The lowest BCUT2D eigenvalue weighted by atomic mass is 9.44. The molecule has 6 N–H and O–H groups in total. The number of rotatable bonds is 4. The summed E-state index contributed by atoms with van der Waals surface area (Å²) < 4.78 is 47.2. The summed E-state index contributed by atoms with van der Waals surface area (Å²) in [5.74, 6) is -4.72. The number of carbonyl (C=O) groups excluding carboxylic acids is 4. The number of allylic oxidation sites excluding steroid dienone is 8. The van der Waals surface area contributed by atoms with Gasteiger partial charge in [-0.25, -0.2) is 13.2 Å². The van der Waals surface area contributed by atoms with E-state index in [1.807, 2.05) is 6.92 Å². The fourth-order valence-corrected chi connectivity index (χ4v) is 14.2. The fourth-order valence-electron chi connectivity index (χ4n) is 14.2. The Bertz CT molecular complexity index is 1860. The zero-order chi connectivity index (χ0) is 41.3.